The van der Waals surface area contributed by atoms with Crippen LogP contribution in [0.3, 0.4) is 0 Å². The van der Waals surface area contributed by atoms with E-state index < -0.39 is 23.4 Å². The maximum Gasteiger partial charge on any atom is 0.258 e. The molecule has 0 unspecified atom stereocenters. The quantitative estimate of drug-likeness (QED) is 0.262. The summed E-state index contributed by atoms with van der Waals surface area (Å²) in [7, 11) is 0. The summed E-state index contributed by atoms with van der Waals surface area (Å²) < 4.78 is 0. The lowest BCUT2D eigenvalue weighted by atomic mass is 10.1. The molecule has 5 heteroatoms. The van der Waals surface area contributed by atoms with Gasteiger partial charge in [0.1, 0.15) is 0 Å². The number of nitrogens with zero attached hydrogens (tertiary/aromatic N) is 1. The first kappa shape index (κ1) is 12.8. The van der Waals surface area contributed by atoms with Crippen LogP contribution in [0.4, 0.5) is 5.69 Å². The van der Waals surface area contributed by atoms with Gasteiger partial charge in [-0.05, 0) is 35.6 Å². The smallest absolute Gasteiger partial charge is 0.258 e. The van der Waals surface area contributed by atoms with Crippen LogP contribution in [0, 0.1) is 11.8 Å². The summed E-state index contributed by atoms with van der Waals surface area (Å²) in [6, 6.07) is 6.36. The van der Waals surface area contributed by atoms with Crippen LogP contribution in [0.2, 0.25) is 0 Å². The minimum absolute atomic E-state index is 0.00209. The Kier molecular flexibility index (Phi) is 2.85. The molecule has 0 radical (unpaired) electrons. The summed E-state index contributed by atoms with van der Waals surface area (Å²) in [6.45, 7) is 0. The predicted octanol–water partition coefficient (Wildman–Crippen LogP) is 0.655. The highest BCUT2D eigenvalue weighted by Crippen LogP contribution is 2.21. The first-order chi connectivity index (χ1) is 10.1. The van der Waals surface area contributed by atoms with Gasteiger partial charge in [-0.1, -0.05) is 12.1 Å². The van der Waals surface area contributed by atoms with Gasteiger partial charge in [0.15, 0.2) is 0 Å². The van der Waals surface area contributed by atoms with Crippen LogP contribution in [0.15, 0.2) is 42.0 Å². The SMILES string of the molecule is O=C1C#CC(=O)C1=Cc1ccc(N2C(=O)C=CC2=O)cc1. The summed E-state index contributed by atoms with van der Waals surface area (Å²) in [5.41, 5.74) is 1.03. The molecule has 0 aromatic heterocycles. The van der Waals surface area contributed by atoms with Crippen molar-refractivity contribution in [3.05, 3.63) is 47.6 Å². The number of carbonyl (C=O) groups excluding carboxylic acids is 4. The number of hydrogen-bond donors (Lipinski definition) is 0. The van der Waals surface area contributed by atoms with Gasteiger partial charge in [0.25, 0.3) is 11.8 Å². The molecule has 1 aliphatic carbocycles. The van der Waals surface area contributed by atoms with Gasteiger partial charge in [0, 0.05) is 12.2 Å². The highest BCUT2D eigenvalue weighted by molar-refractivity contribution is 6.39. The molecule has 2 aliphatic rings. The lowest BCUT2D eigenvalue weighted by molar-refractivity contribution is -0.120. The van der Waals surface area contributed by atoms with E-state index in [-0.39, 0.29) is 5.57 Å². The molecule has 1 aromatic carbocycles. The third-order valence-corrected chi connectivity index (χ3v) is 3.05. The van der Waals surface area contributed by atoms with Crippen LogP contribution in [0.1, 0.15) is 5.56 Å². The van der Waals surface area contributed by atoms with Gasteiger partial charge in [-0.25, -0.2) is 4.90 Å². The second-order valence-electron chi connectivity index (χ2n) is 4.40. The third kappa shape index (κ3) is 2.19. The average Bonchev–Trinajstić information content (AvgIpc) is 2.96. The molecule has 5 nitrogen and oxygen atoms in total. The molecule has 0 N–H and O–H groups in total. The number of hydrogen-bond acceptors (Lipinski definition) is 4. The Morgan fingerprint density at radius 1 is 0.810 bits per heavy atom. The standard InChI is InChI=1S/C16H7NO4/c18-13-5-6-14(19)12(13)9-10-1-3-11(4-2-10)17-15(20)7-8-16(17)21/h1-4,7-9H. The van der Waals surface area contributed by atoms with Crippen LogP contribution >= 0.6 is 0 Å². The molecule has 2 amide bonds. The minimum Gasteiger partial charge on any atom is -0.279 e. The zero-order valence-electron chi connectivity index (χ0n) is 10.6. The van der Waals surface area contributed by atoms with E-state index in [4.69, 9.17) is 0 Å². The van der Waals surface area contributed by atoms with E-state index in [1.165, 1.54) is 18.2 Å². The fourth-order valence-corrected chi connectivity index (χ4v) is 2.02. The fraction of sp³-hybridized carbons (Fsp3) is 0. The van der Waals surface area contributed by atoms with Crippen molar-refractivity contribution in [2.45, 2.75) is 0 Å². The van der Waals surface area contributed by atoms with Crippen LogP contribution in [-0.4, -0.2) is 23.4 Å². The lowest BCUT2D eigenvalue weighted by Crippen LogP contribution is -2.29. The molecule has 3 rings (SSSR count). The van der Waals surface area contributed by atoms with Crippen LogP contribution < -0.4 is 4.90 Å². The van der Waals surface area contributed by atoms with Crippen molar-refractivity contribution in [3.63, 3.8) is 0 Å². The molecule has 0 fully saturated rings. The maximum atomic E-state index is 11.5. The van der Waals surface area contributed by atoms with Gasteiger partial charge < -0.3 is 0 Å². The van der Waals surface area contributed by atoms with Crippen LogP contribution in [0.5, 0.6) is 0 Å². The number of ketones is 2. The average molecular weight is 277 g/mol. The van der Waals surface area contributed by atoms with E-state index >= 15 is 0 Å². The van der Waals surface area contributed by atoms with Gasteiger partial charge in [-0.3, -0.25) is 19.2 Å². The number of benzene rings is 1. The summed E-state index contributed by atoms with van der Waals surface area (Å²) in [5.74, 6) is 2.58. The molecule has 100 valence electrons. The normalized spacial score (nSPS) is 16.6. The molecular formula is C16H7NO4. The number of allylic oxidation sites excluding steroid dienone is 1. The summed E-state index contributed by atoms with van der Waals surface area (Å²) in [5, 5.41) is 0. The topological polar surface area (TPSA) is 71.5 Å². The molecule has 1 heterocycles. The van der Waals surface area contributed by atoms with Gasteiger partial charge in [0.2, 0.25) is 11.6 Å². The zero-order valence-corrected chi connectivity index (χ0v) is 10.6. The number of carbonyl (C=O) groups is 4. The lowest BCUT2D eigenvalue weighted by Gasteiger charge is -2.13. The molecule has 0 saturated heterocycles. The first-order valence-corrected chi connectivity index (χ1v) is 6.05. The van der Waals surface area contributed by atoms with E-state index in [2.05, 4.69) is 11.8 Å². The van der Waals surface area contributed by atoms with Gasteiger partial charge in [-0.2, -0.15) is 0 Å². The van der Waals surface area contributed by atoms with E-state index in [1.54, 1.807) is 24.3 Å². The first-order valence-electron chi connectivity index (χ1n) is 6.05. The van der Waals surface area contributed by atoms with E-state index in [1.807, 2.05) is 0 Å². The number of Topliss-reactive ketones (excluding diaryl/α,β-unsaturated/α-hetero) is 2. The number of imide groups is 1. The van der Waals surface area contributed by atoms with Crippen LogP contribution in [0.25, 0.3) is 6.08 Å². The highest BCUT2D eigenvalue weighted by Gasteiger charge is 2.25. The van der Waals surface area contributed by atoms with Gasteiger partial charge >= 0.3 is 0 Å². The summed E-state index contributed by atoms with van der Waals surface area (Å²) >= 11 is 0. The number of anilines is 1. The molecule has 0 bridgehead atoms. The zero-order chi connectivity index (χ0) is 15.0. The van der Waals surface area contributed by atoms with Crippen molar-refractivity contribution >= 4 is 35.1 Å². The van der Waals surface area contributed by atoms with Crippen molar-refractivity contribution in [1.29, 1.82) is 0 Å². The Balaban J connectivity index is 1.87. The third-order valence-electron chi connectivity index (χ3n) is 3.05. The van der Waals surface area contributed by atoms with Crippen molar-refractivity contribution in [1.82, 2.24) is 0 Å². The Labute approximate surface area is 119 Å². The monoisotopic (exact) mass is 277 g/mol. The van der Waals surface area contributed by atoms with Gasteiger partial charge in [0.05, 0.1) is 11.3 Å². The summed E-state index contributed by atoms with van der Waals surface area (Å²) in [4.78, 5) is 46.9. The Hall–Kier alpha value is -3.26. The van der Waals surface area contributed by atoms with Gasteiger partial charge in [-0.15, -0.1) is 0 Å². The predicted molar refractivity (Wildman–Crippen MR) is 73.8 cm³/mol. The molecule has 1 aromatic rings. The molecule has 0 atom stereocenters. The fourth-order valence-electron chi connectivity index (χ4n) is 2.02. The van der Waals surface area contributed by atoms with Crippen molar-refractivity contribution < 1.29 is 19.2 Å². The van der Waals surface area contributed by atoms with Crippen molar-refractivity contribution in [2.75, 3.05) is 4.90 Å². The van der Waals surface area contributed by atoms with Crippen molar-refractivity contribution in [2.24, 2.45) is 0 Å². The molecule has 0 saturated carbocycles. The Morgan fingerprint density at radius 2 is 1.33 bits per heavy atom. The Bertz CT molecular complexity index is 776. The molecule has 21 heavy (non-hydrogen) atoms. The molecule has 1 aliphatic heterocycles. The van der Waals surface area contributed by atoms with Crippen LogP contribution in [-0.2, 0) is 19.2 Å². The Morgan fingerprint density at radius 3 is 1.86 bits per heavy atom. The number of amides is 2. The summed E-state index contributed by atoms with van der Waals surface area (Å²) in [6.07, 6.45) is 3.82. The molecular weight excluding hydrogens is 270 g/mol. The van der Waals surface area contributed by atoms with E-state index in [0.717, 1.165) is 4.90 Å². The largest absolute Gasteiger partial charge is 0.279 e. The second-order valence-corrected chi connectivity index (χ2v) is 4.40. The highest BCUT2D eigenvalue weighted by atomic mass is 16.2. The maximum absolute atomic E-state index is 11.5. The minimum atomic E-state index is -0.502. The molecule has 0 spiro atoms. The van der Waals surface area contributed by atoms with E-state index in [0.29, 0.717) is 11.3 Å². The number of rotatable bonds is 2. The second kappa shape index (κ2) is 4.69. The van der Waals surface area contributed by atoms with Crippen molar-refractivity contribution in [3.8, 4) is 11.8 Å². The van der Waals surface area contributed by atoms with E-state index in [9.17, 15) is 19.2 Å².